The van der Waals surface area contributed by atoms with Crippen molar-refractivity contribution in [3.8, 4) is 0 Å². The zero-order chi connectivity index (χ0) is 13.8. The van der Waals surface area contributed by atoms with Crippen molar-refractivity contribution in [2.45, 2.75) is 12.8 Å². The van der Waals surface area contributed by atoms with E-state index in [-0.39, 0.29) is 17.8 Å². The molecule has 0 unspecified atom stereocenters. The molecule has 20 heavy (non-hydrogen) atoms. The van der Waals surface area contributed by atoms with Crippen LogP contribution in [0, 0.1) is 11.8 Å². The van der Waals surface area contributed by atoms with Crippen LogP contribution in [0.3, 0.4) is 0 Å². The first kappa shape index (κ1) is 12.9. The Morgan fingerprint density at radius 3 is 2.00 bits per heavy atom. The van der Waals surface area contributed by atoms with Gasteiger partial charge in [-0.15, -0.1) is 0 Å². The number of cyclic esters (lactones) is 1. The van der Waals surface area contributed by atoms with E-state index < -0.39 is 0 Å². The second kappa shape index (κ2) is 5.91. The molecular formula is C18H18O2. The average molecular weight is 266 g/mol. The van der Waals surface area contributed by atoms with Gasteiger partial charge in [-0.1, -0.05) is 60.7 Å². The Bertz CT molecular complexity index is 562. The predicted octanol–water partition coefficient (Wildman–Crippen LogP) is 3.26. The van der Waals surface area contributed by atoms with Gasteiger partial charge in [0, 0.05) is 5.92 Å². The molecule has 1 saturated heterocycles. The summed E-state index contributed by atoms with van der Waals surface area (Å²) in [6, 6.07) is 20.5. The Balaban J connectivity index is 1.72. The van der Waals surface area contributed by atoms with E-state index in [2.05, 4.69) is 24.3 Å². The molecule has 0 radical (unpaired) electrons. The molecule has 0 amide bonds. The Labute approximate surface area is 119 Å². The van der Waals surface area contributed by atoms with Gasteiger partial charge < -0.3 is 4.74 Å². The van der Waals surface area contributed by atoms with E-state index in [4.69, 9.17) is 4.74 Å². The molecule has 2 aromatic carbocycles. The highest BCUT2D eigenvalue weighted by Gasteiger charge is 2.36. The number of rotatable bonds is 4. The highest BCUT2D eigenvalue weighted by molar-refractivity contribution is 5.75. The molecule has 0 saturated carbocycles. The van der Waals surface area contributed by atoms with Crippen molar-refractivity contribution < 1.29 is 9.53 Å². The first-order valence-corrected chi connectivity index (χ1v) is 7.07. The second-order valence-electron chi connectivity index (χ2n) is 5.38. The minimum atomic E-state index is -0.0465. The van der Waals surface area contributed by atoms with E-state index in [1.165, 1.54) is 11.1 Å². The summed E-state index contributed by atoms with van der Waals surface area (Å²) in [5, 5.41) is 0. The standard InChI is InChI=1S/C18H18O2/c19-18-17(12-15-9-5-2-6-10-15)16(13-20-18)11-14-7-3-1-4-8-14/h1-10,16-17H,11-13H2/t16-,17+/m0/s1. The summed E-state index contributed by atoms with van der Waals surface area (Å²) in [7, 11) is 0. The van der Waals surface area contributed by atoms with Gasteiger partial charge in [-0.25, -0.2) is 0 Å². The summed E-state index contributed by atoms with van der Waals surface area (Å²) in [6.07, 6.45) is 1.68. The van der Waals surface area contributed by atoms with Gasteiger partial charge in [0.05, 0.1) is 12.5 Å². The third-order valence-electron chi connectivity index (χ3n) is 3.95. The molecule has 0 aromatic heterocycles. The molecule has 3 rings (SSSR count). The first-order chi connectivity index (χ1) is 9.83. The van der Waals surface area contributed by atoms with Crippen molar-refractivity contribution >= 4 is 5.97 Å². The number of esters is 1. The minimum absolute atomic E-state index is 0.0161. The lowest BCUT2D eigenvalue weighted by Gasteiger charge is -2.15. The number of carbonyl (C=O) groups excluding carboxylic acids is 1. The van der Waals surface area contributed by atoms with E-state index in [1.54, 1.807) is 0 Å². The Kier molecular flexibility index (Phi) is 3.82. The minimum Gasteiger partial charge on any atom is -0.465 e. The summed E-state index contributed by atoms with van der Waals surface area (Å²) in [4.78, 5) is 12.0. The van der Waals surface area contributed by atoms with Gasteiger partial charge in [0.25, 0.3) is 0 Å². The van der Waals surface area contributed by atoms with Gasteiger partial charge in [0.2, 0.25) is 0 Å². The number of carbonyl (C=O) groups is 1. The maximum atomic E-state index is 12.0. The zero-order valence-corrected chi connectivity index (χ0v) is 11.4. The summed E-state index contributed by atoms with van der Waals surface area (Å²) >= 11 is 0. The Morgan fingerprint density at radius 2 is 1.40 bits per heavy atom. The highest BCUT2D eigenvalue weighted by Crippen LogP contribution is 2.28. The monoisotopic (exact) mass is 266 g/mol. The molecule has 2 nitrogen and oxygen atoms in total. The fourth-order valence-electron chi connectivity index (χ4n) is 2.84. The third kappa shape index (κ3) is 2.90. The van der Waals surface area contributed by atoms with Crippen LogP contribution in [0.1, 0.15) is 11.1 Å². The fraction of sp³-hybridized carbons (Fsp3) is 0.278. The fourth-order valence-corrected chi connectivity index (χ4v) is 2.84. The van der Waals surface area contributed by atoms with Crippen LogP contribution in [0.15, 0.2) is 60.7 Å². The Hall–Kier alpha value is -2.09. The molecule has 0 bridgehead atoms. The number of hydrogen-bond acceptors (Lipinski definition) is 2. The van der Waals surface area contributed by atoms with E-state index in [0.717, 1.165) is 12.8 Å². The highest BCUT2D eigenvalue weighted by atomic mass is 16.5. The molecule has 1 fully saturated rings. The van der Waals surface area contributed by atoms with Crippen molar-refractivity contribution in [3.63, 3.8) is 0 Å². The molecule has 0 N–H and O–H groups in total. The van der Waals surface area contributed by atoms with Crippen LogP contribution in [0.2, 0.25) is 0 Å². The van der Waals surface area contributed by atoms with E-state index in [0.29, 0.717) is 6.61 Å². The van der Waals surface area contributed by atoms with Gasteiger partial charge in [-0.3, -0.25) is 4.79 Å². The first-order valence-electron chi connectivity index (χ1n) is 7.07. The van der Waals surface area contributed by atoms with E-state index in [1.807, 2.05) is 36.4 Å². The summed E-state index contributed by atoms with van der Waals surface area (Å²) in [5.41, 5.74) is 2.48. The largest absolute Gasteiger partial charge is 0.465 e. The smallest absolute Gasteiger partial charge is 0.309 e. The quantitative estimate of drug-likeness (QED) is 0.794. The lowest BCUT2D eigenvalue weighted by molar-refractivity contribution is -0.141. The van der Waals surface area contributed by atoms with Gasteiger partial charge in [-0.2, -0.15) is 0 Å². The molecule has 2 heteroatoms. The third-order valence-corrected chi connectivity index (χ3v) is 3.95. The van der Waals surface area contributed by atoms with Gasteiger partial charge >= 0.3 is 5.97 Å². The zero-order valence-electron chi connectivity index (χ0n) is 11.4. The van der Waals surface area contributed by atoms with Crippen LogP contribution < -0.4 is 0 Å². The molecule has 0 spiro atoms. The second-order valence-corrected chi connectivity index (χ2v) is 5.38. The summed E-state index contributed by atoms with van der Waals surface area (Å²) in [6.45, 7) is 0.547. The maximum absolute atomic E-state index is 12.0. The van der Waals surface area contributed by atoms with Gasteiger partial charge in [-0.05, 0) is 24.0 Å². The summed E-state index contributed by atoms with van der Waals surface area (Å²) in [5.74, 6) is 0.220. The number of hydrogen-bond donors (Lipinski definition) is 0. The van der Waals surface area contributed by atoms with E-state index in [9.17, 15) is 4.79 Å². The van der Waals surface area contributed by atoms with Gasteiger partial charge in [0.1, 0.15) is 0 Å². The van der Waals surface area contributed by atoms with Gasteiger partial charge in [0.15, 0.2) is 0 Å². The normalized spacial score (nSPS) is 21.7. The maximum Gasteiger partial charge on any atom is 0.309 e. The van der Waals surface area contributed by atoms with Crippen LogP contribution in [0.4, 0.5) is 0 Å². The molecule has 1 aliphatic heterocycles. The van der Waals surface area contributed by atoms with Crippen molar-refractivity contribution in [1.82, 2.24) is 0 Å². The van der Waals surface area contributed by atoms with Crippen LogP contribution in [0.5, 0.6) is 0 Å². The van der Waals surface area contributed by atoms with Crippen LogP contribution in [-0.2, 0) is 22.4 Å². The van der Waals surface area contributed by atoms with Crippen molar-refractivity contribution in [3.05, 3.63) is 71.8 Å². The molecule has 1 heterocycles. The van der Waals surface area contributed by atoms with E-state index >= 15 is 0 Å². The molecule has 1 aliphatic rings. The summed E-state index contributed by atoms with van der Waals surface area (Å²) < 4.78 is 5.28. The van der Waals surface area contributed by atoms with Crippen LogP contribution in [0.25, 0.3) is 0 Å². The van der Waals surface area contributed by atoms with Crippen LogP contribution in [-0.4, -0.2) is 12.6 Å². The number of benzene rings is 2. The van der Waals surface area contributed by atoms with Crippen LogP contribution >= 0.6 is 0 Å². The predicted molar refractivity (Wildman–Crippen MR) is 78.2 cm³/mol. The molecule has 2 aromatic rings. The lowest BCUT2D eigenvalue weighted by atomic mass is 9.85. The molecule has 102 valence electrons. The average Bonchev–Trinajstić information content (AvgIpc) is 2.83. The molecule has 2 atom stereocenters. The van der Waals surface area contributed by atoms with Crippen molar-refractivity contribution in [1.29, 1.82) is 0 Å². The number of ether oxygens (including phenoxy) is 1. The lowest BCUT2D eigenvalue weighted by Crippen LogP contribution is -2.20. The van der Waals surface area contributed by atoms with Crippen molar-refractivity contribution in [2.75, 3.05) is 6.61 Å². The van der Waals surface area contributed by atoms with Crippen molar-refractivity contribution in [2.24, 2.45) is 11.8 Å². The SMILES string of the molecule is O=C1OC[C@H](Cc2ccccc2)[C@H]1Cc1ccccc1. The topological polar surface area (TPSA) is 26.3 Å². The molecular weight excluding hydrogens is 248 g/mol. The molecule has 0 aliphatic carbocycles. The Morgan fingerprint density at radius 1 is 0.850 bits per heavy atom.